The Morgan fingerprint density at radius 1 is 0.643 bits per heavy atom. The molecule has 28 heavy (non-hydrogen) atoms. The van der Waals surface area contributed by atoms with Crippen LogP contribution in [0.25, 0.3) is 17.2 Å². The number of benzene rings is 2. The Hall–Kier alpha value is -1.82. The van der Waals surface area contributed by atoms with Gasteiger partial charge >= 0.3 is 0 Å². The Balaban J connectivity index is 2.29. The highest BCUT2D eigenvalue weighted by atomic mass is 14.3. The zero-order valence-electron chi connectivity index (χ0n) is 19.5. The fourth-order valence-electron chi connectivity index (χ4n) is 3.84. The summed E-state index contributed by atoms with van der Waals surface area (Å²) >= 11 is 0. The molecule has 0 bridgehead atoms. The third-order valence-corrected chi connectivity index (χ3v) is 5.92. The first kappa shape index (κ1) is 20.9. The molecule has 1 aliphatic carbocycles. The van der Waals surface area contributed by atoms with Crippen molar-refractivity contribution < 1.29 is 0 Å². The van der Waals surface area contributed by atoms with Gasteiger partial charge in [-0.1, -0.05) is 104 Å². The van der Waals surface area contributed by atoms with Crippen molar-refractivity contribution >= 4 is 6.08 Å². The molecule has 0 aromatic heterocycles. The summed E-state index contributed by atoms with van der Waals surface area (Å²) in [6.45, 7) is 23.0. The van der Waals surface area contributed by atoms with E-state index >= 15 is 0 Å². The average molecular weight is 374 g/mol. The summed E-state index contributed by atoms with van der Waals surface area (Å²) in [4.78, 5) is 0. The molecule has 0 saturated heterocycles. The molecule has 0 heterocycles. The lowest BCUT2D eigenvalue weighted by Crippen LogP contribution is -2.16. The first-order valence-electron chi connectivity index (χ1n) is 10.5. The Morgan fingerprint density at radius 3 is 1.64 bits per heavy atom. The molecule has 0 fully saturated rings. The van der Waals surface area contributed by atoms with Crippen molar-refractivity contribution in [2.45, 2.75) is 80.1 Å². The number of hydrogen-bond acceptors (Lipinski definition) is 0. The van der Waals surface area contributed by atoms with Crippen LogP contribution in [0.15, 0.2) is 35.9 Å². The molecule has 1 radical (unpaired) electrons. The van der Waals surface area contributed by atoms with Crippen LogP contribution in [-0.2, 0) is 10.8 Å². The second-order valence-corrected chi connectivity index (χ2v) is 11.6. The van der Waals surface area contributed by atoms with Crippen LogP contribution in [0.4, 0.5) is 0 Å². The second kappa shape index (κ2) is 6.61. The Kier molecular flexibility index (Phi) is 4.94. The monoisotopic (exact) mass is 373 g/mol. The minimum atomic E-state index is 0.125. The van der Waals surface area contributed by atoms with Crippen LogP contribution in [0.1, 0.15) is 90.1 Å². The van der Waals surface area contributed by atoms with E-state index < -0.39 is 0 Å². The SMILES string of the molecule is Cc1ccc2c(c1-c1cc(C(C)(C)C)cc(C(C)(C)C)c1)C=C(C(C)(C)C)[CH]2. The smallest absolute Gasteiger partial charge is 0.0170 e. The molecule has 0 aliphatic heterocycles. The van der Waals surface area contributed by atoms with Crippen LogP contribution in [0.3, 0.4) is 0 Å². The van der Waals surface area contributed by atoms with Crippen molar-refractivity contribution in [3.8, 4) is 11.1 Å². The van der Waals surface area contributed by atoms with Crippen molar-refractivity contribution in [3.05, 3.63) is 70.1 Å². The third-order valence-electron chi connectivity index (χ3n) is 5.92. The lowest BCUT2D eigenvalue weighted by molar-refractivity contribution is 0.516. The van der Waals surface area contributed by atoms with E-state index in [1.54, 1.807) is 0 Å². The summed E-state index contributed by atoms with van der Waals surface area (Å²) < 4.78 is 0. The molecular weight excluding hydrogens is 336 g/mol. The molecule has 0 N–H and O–H groups in total. The predicted molar refractivity (Wildman–Crippen MR) is 125 cm³/mol. The highest BCUT2D eigenvalue weighted by Crippen LogP contribution is 2.44. The van der Waals surface area contributed by atoms with Crippen molar-refractivity contribution in [2.75, 3.05) is 0 Å². The highest BCUT2D eigenvalue weighted by Gasteiger charge is 2.27. The minimum Gasteiger partial charge on any atom is -0.0584 e. The first-order chi connectivity index (χ1) is 12.7. The molecule has 0 saturated carbocycles. The standard InChI is InChI=1S/C28H37/c1-18-11-12-19-13-23(28(8,9)10)17-24(19)25(18)20-14-21(26(2,3)4)16-22(15-20)27(5,6)7/h11-17H,1-10H3. The highest BCUT2D eigenvalue weighted by molar-refractivity contribution is 5.86. The molecule has 0 atom stereocenters. The van der Waals surface area contributed by atoms with Gasteiger partial charge in [-0.25, -0.2) is 0 Å². The molecule has 0 unspecified atom stereocenters. The fraction of sp³-hybridized carbons (Fsp3) is 0.464. The zero-order valence-corrected chi connectivity index (χ0v) is 19.5. The van der Waals surface area contributed by atoms with E-state index in [4.69, 9.17) is 0 Å². The van der Waals surface area contributed by atoms with Gasteiger partial charge in [0.05, 0.1) is 0 Å². The van der Waals surface area contributed by atoms with Gasteiger partial charge in [-0.2, -0.15) is 0 Å². The van der Waals surface area contributed by atoms with Gasteiger partial charge in [0.1, 0.15) is 0 Å². The summed E-state index contributed by atoms with van der Waals surface area (Å²) in [6.07, 6.45) is 4.79. The van der Waals surface area contributed by atoms with Crippen LogP contribution in [0, 0.1) is 18.8 Å². The maximum atomic E-state index is 2.42. The van der Waals surface area contributed by atoms with Gasteiger partial charge in [0.15, 0.2) is 0 Å². The van der Waals surface area contributed by atoms with E-state index in [2.05, 4.69) is 112 Å². The topological polar surface area (TPSA) is 0 Å². The molecule has 1 aliphatic rings. The van der Waals surface area contributed by atoms with Gasteiger partial charge < -0.3 is 0 Å². The van der Waals surface area contributed by atoms with E-state index in [1.807, 2.05) is 0 Å². The van der Waals surface area contributed by atoms with Gasteiger partial charge in [0, 0.05) is 6.42 Å². The van der Waals surface area contributed by atoms with Crippen LogP contribution in [0.2, 0.25) is 0 Å². The van der Waals surface area contributed by atoms with Crippen LogP contribution in [-0.4, -0.2) is 0 Å². The molecule has 0 amide bonds. The van der Waals surface area contributed by atoms with Crippen molar-refractivity contribution in [3.63, 3.8) is 0 Å². The van der Waals surface area contributed by atoms with Gasteiger partial charge in [0.25, 0.3) is 0 Å². The largest absolute Gasteiger partial charge is 0.0584 e. The lowest BCUT2D eigenvalue weighted by Gasteiger charge is -2.27. The summed E-state index contributed by atoms with van der Waals surface area (Å²) in [7, 11) is 0. The Morgan fingerprint density at radius 2 is 1.18 bits per heavy atom. The Bertz CT molecular complexity index is 899. The van der Waals surface area contributed by atoms with Crippen molar-refractivity contribution in [1.29, 1.82) is 0 Å². The Labute approximate surface area is 173 Å². The number of fused-ring (bicyclic) bond motifs is 1. The zero-order chi connectivity index (χ0) is 21.1. The van der Waals surface area contributed by atoms with E-state index in [0.717, 1.165) is 0 Å². The van der Waals surface area contributed by atoms with E-state index in [1.165, 1.54) is 44.5 Å². The first-order valence-corrected chi connectivity index (χ1v) is 10.5. The molecule has 3 rings (SSSR count). The molecule has 2 aromatic rings. The van der Waals surface area contributed by atoms with Crippen LogP contribution < -0.4 is 0 Å². The van der Waals surface area contributed by atoms with Crippen molar-refractivity contribution in [2.24, 2.45) is 5.41 Å². The molecule has 149 valence electrons. The predicted octanol–water partition coefficient (Wildman–Crippen LogP) is 8.25. The number of hydrogen-bond donors (Lipinski definition) is 0. The summed E-state index contributed by atoms with van der Waals surface area (Å²) in [5.74, 6) is 0. The number of aryl methyl sites for hydroxylation is 1. The van der Waals surface area contributed by atoms with Crippen LogP contribution >= 0.6 is 0 Å². The molecule has 0 nitrogen and oxygen atoms in total. The van der Waals surface area contributed by atoms with Gasteiger partial charge in [-0.15, -0.1) is 0 Å². The maximum Gasteiger partial charge on any atom is 0.0170 e. The number of rotatable bonds is 1. The molecular formula is C28H37. The summed E-state index contributed by atoms with van der Waals surface area (Å²) in [5.41, 5.74) is 11.5. The van der Waals surface area contributed by atoms with Gasteiger partial charge in [0.2, 0.25) is 0 Å². The van der Waals surface area contributed by atoms with Crippen molar-refractivity contribution in [1.82, 2.24) is 0 Å². The van der Waals surface area contributed by atoms with E-state index in [0.29, 0.717) is 0 Å². The molecule has 2 aromatic carbocycles. The maximum absolute atomic E-state index is 2.42. The number of allylic oxidation sites excluding steroid dienone is 1. The summed E-state index contributed by atoms with van der Waals surface area (Å²) in [6, 6.07) is 11.8. The second-order valence-electron chi connectivity index (χ2n) is 11.6. The van der Waals surface area contributed by atoms with Gasteiger partial charge in [-0.05, 0) is 62.1 Å². The van der Waals surface area contributed by atoms with E-state index in [9.17, 15) is 0 Å². The quantitative estimate of drug-likeness (QED) is 0.472. The lowest BCUT2D eigenvalue weighted by atomic mass is 9.78. The van der Waals surface area contributed by atoms with E-state index in [-0.39, 0.29) is 16.2 Å². The minimum absolute atomic E-state index is 0.125. The molecule has 0 heteroatoms. The summed E-state index contributed by atoms with van der Waals surface area (Å²) in [5, 5.41) is 0. The average Bonchev–Trinajstić information content (AvgIpc) is 2.97. The normalized spacial score (nSPS) is 14.9. The van der Waals surface area contributed by atoms with Crippen LogP contribution in [0.5, 0.6) is 0 Å². The van der Waals surface area contributed by atoms with Gasteiger partial charge in [-0.3, -0.25) is 0 Å². The third kappa shape index (κ3) is 3.97. The molecule has 0 spiro atoms. The fourth-order valence-corrected chi connectivity index (χ4v) is 3.84.